The average Bonchev–Trinajstić information content (AvgIpc) is 3.75. The van der Waals surface area contributed by atoms with Crippen LogP contribution in [0.25, 0.3) is 0 Å². The minimum absolute atomic E-state index is 0.213. The van der Waals surface area contributed by atoms with Gasteiger partial charge in [-0.15, -0.1) is 0 Å². The molecule has 1 aromatic heterocycles. The van der Waals surface area contributed by atoms with Crippen molar-refractivity contribution in [2.24, 2.45) is 11.3 Å². The zero-order valence-corrected chi connectivity index (χ0v) is 26.0. The Morgan fingerprint density at radius 1 is 1.02 bits per heavy atom. The molecule has 4 fully saturated rings. The second-order valence-corrected chi connectivity index (χ2v) is 14.0. The first-order chi connectivity index (χ1) is 20.7. The number of ether oxygens (including phenoxy) is 3. The van der Waals surface area contributed by atoms with Crippen LogP contribution in [0.3, 0.4) is 0 Å². The van der Waals surface area contributed by atoms with E-state index in [2.05, 4.69) is 44.0 Å². The third-order valence-electron chi connectivity index (χ3n) is 10.0. The number of benzene rings is 1. The Labute approximate surface area is 255 Å². The number of carbonyl (C=O) groups excluding carboxylic acids is 1. The number of carboxylic acids is 1. The second kappa shape index (κ2) is 12.2. The van der Waals surface area contributed by atoms with Gasteiger partial charge in [-0.1, -0.05) is 51.5 Å². The molecule has 8 heteroatoms. The first kappa shape index (κ1) is 30.1. The van der Waals surface area contributed by atoms with E-state index in [0.29, 0.717) is 30.7 Å². The number of pyridine rings is 1. The van der Waals surface area contributed by atoms with Crippen LogP contribution in [-0.4, -0.2) is 58.8 Å². The van der Waals surface area contributed by atoms with E-state index < -0.39 is 41.6 Å². The molecule has 2 aliphatic heterocycles. The van der Waals surface area contributed by atoms with E-state index in [1.807, 2.05) is 18.3 Å². The number of rotatable bonds is 9. The van der Waals surface area contributed by atoms with E-state index >= 15 is 0 Å². The van der Waals surface area contributed by atoms with Crippen molar-refractivity contribution < 1.29 is 28.9 Å². The van der Waals surface area contributed by atoms with Gasteiger partial charge in [0, 0.05) is 24.3 Å². The van der Waals surface area contributed by atoms with Gasteiger partial charge < -0.3 is 24.2 Å². The maximum absolute atomic E-state index is 14.4. The van der Waals surface area contributed by atoms with Crippen LogP contribution in [0.4, 0.5) is 0 Å². The monoisotopic (exact) mass is 590 g/mol. The number of amides is 1. The number of hydrogen-bond acceptors (Lipinski definition) is 6. The van der Waals surface area contributed by atoms with Gasteiger partial charge in [-0.3, -0.25) is 4.79 Å². The molecule has 0 unspecified atom stereocenters. The van der Waals surface area contributed by atoms with E-state index in [1.54, 1.807) is 12.0 Å². The van der Waals surface area contributed by atoms with Crippen molar-refractivity contribution in [2.45, 2.75) is 115 Å². The van der Waals surface area contributed by atoms with Gasteiger partial charge in [-0.25, -0.2) is 9.78 Å². The molecule has 2 aromatic rings. The Morgan fingerprint density at radius 2 is 1.77 bits per heavy atom. The molecule has 0 radical (unpaired) electrons. The molecule has 232 valence electrons. The summed E-state index contributed by atoms with van der Waals surface area (Å²) >= 11 is 0. The fourth-order valence-electron chi connectivity index (χ4n) is 7.52. The Bertz CT molecular complexity index is 1320. The normalized spacial score (nSPS) is 28.0. The summed E-state index contributed by atoms with van der Waals surface area (Å²) in [5, 5.41) is 10.8. The largest absolute Gasteiger partial charge is 0.481 e. The van der Waals surface area contributed by atoms with Crippen LogP contribution < -0.4 is 4.74 Å². The minimum atomic E-state index is -1.05. The van der Waals surface area contributed by atoms with Gasteiger partial charge in [0.1, 0.15) is 12.1 Å². The smallest absolute Gasteiger partial charge is 0.326 e. The van der Waals surface area contributed by atoms with Crippen molar-refractivity contribution in [1.29, 1.82) is 0 Å². The summed E-state index contributed by atoms with van der Waals surface area (Å²) in [5.74, 6) is -0.279. The van der Waals surface area contributed by atoms with E-state index in [-0.39, 0.29) is 12.5 Å². The molecule has 6 rings (SSSR count). The lowest BCUT2D eigenvalue weighted by Crippen LogP contribution is -2.51. The van der Waals surface area contributed by atoms with E-state index in [0.717, 1.165) is 49.7 Å². The molecule has 1 aromatic carbocycles. The van der Waals surface area contributed by atoms with Crippen LogP contribution in [0.2, 0.25) is 0 Å². The topological polar surface area (TPSA) is 98.2 Å². The third kappa shape index (κ3) is 5.93. The van der Waals surface area contributed by atoms with Gasteiger partial charge in [0.05, 0.1) is 25.9 Å². The summed E-state index contributed by atoms with van der Waals surface area (Å²) in [6, 6.07) is 8.76. The highest BCUT2D eigenvalue weighted by molar-refractivity contribution is 5.88. The number of carboxylic acid groups (broad SMARTS) is 1. The van der Waals surface area contributed by atoms with Crippen molar-refractivity contribution in [3.8, 4) is 5.88 Å². The first-order valence-corrected chi connectivity index (χ1v) is 16.1. The lowest BCUT2D eigenvalue weighted by Gasteiger charge is -2.35. The SMILES string of the molecule is COc1ncc(C2CCC2)cc1CO[C@H]1[C@H](C(C)(C)C)[C@@H](C(=O)O)N(C(=O)[C@@H]2CCCCO2)[C@H]1c1ccccc1C1CC1. The molecule has 5 atom stereocenters. The molecule has 8 nitrogen and oxygen atoms in total. The van der Waals surface area contributed by atoms with Gasteiger partial charge >= 0.3 is 5.97 Å². The van der Waals surface area contributed by atoms with Crippen LogP contribution in [0, 0.1) is 11.3 Å². The fraction of sp³-hybridized carbons (Fsp3) is 0.629. The number of nitrogens with zero attached hydrogens (tertiary/aromatic N) is 2. The predicted octanol–water partition coefficient (Wildman–Crippen LogP) is 6.39. The first-order valence-electron chi connectivity index (χ1n) is 16.1. The van der Waals surface area contributed by atoms with Crippen molar-refractivity contribution in [3.05, 3.63) is 58.8 Å². The van der Waals surface area contributed by atoms with Gasteiger partial charge in [0.25, 0.3) is 5.91 Å². The molecule has 3 heterocycles. The van der Waals surface area contributed by atoms with Crippen molar-refractivity contribution in [3.63, 3.8) is 0 Å². The molecule has 0 spiro atoms. The van der Waals surface area contributed by atoms with Crippen molar-refractivity contribution >= 4 is 11.9 Å². The summed E-state index contributed by atoms with van der Waals surface area (Å²) in [5.41, 5.74) is 3.74. The quantitative estimate of drug-likeness (QED) is 0.361. The molecule has 2 saturated carbocycles. The van der Waals surface area contributed by atoms with Crippen LogP contribution in [0.15, 0.2) is 36.5 Å². The Morgan fingerprint density at radius 3 is 2.35 bits per heavy atom. The Balaban J connectivity index is 1.44. The summed E-state index contributed by atoms with van der Waals surface area (Å²) in [4.78, 5) is 33.9. The van der Waals surface area contributed by atoms with Gasteiger partial charge in [-0.05, 0) is 85.0 Å². The van der Waals surface area contributed by atoms with Gasteiger partial charge in [-0.2, -0.15) is 0 Å². The van der Waals surface area contributed by atoms with Crippen LogP contribution in [0.5, 0.6) is 5.88 Å². The highest BCUT2D eigenvalue weighted by Crippen LogP contribution is 2.53. The molecule has 43 heavy (non-hydrogen) atoms. The van der Waals surface area contributed by atoms with Crippen LogP contribution in [-0.2, 0) is 25.7 Å². The number of carbonyl (C=O) groups is 2. The number of aromatic nitrogens is 1. The predicted molar refractivity (Wildman–Crippen MR) is 162 cm³/mol. The number of hydrogen-bond donors (Lipinski definition) is 1. The maximum Gasteiger partial charge on any atom is 0.326 e. The molecule has 2 aliphatic carbocycles. The molecule has 0 bridgehead atoms. The van der Waals surface area contributed by atoms with E-state index in [4.69, 9.17) is 14.2 Å². The van der Waals surface area contributed by atoms with Crippen LogP contribution in [0.1, 0.15) is 112 Å². The summed E-state index contributed by atoms with van der Waals surface area (Å²) < 4.78 is 18.5. The molecular weight excluding hydrogens is 544 g/mol. The Hall–Kier alpha value is -2.97. The fourth-order valence-corrected chi connectivity index (χ4v) is 7.52. The standard InChI is InChI=1S/C35H46N2O6/c1-35(2,3)28-30(34(39)40)37(33(38)27-14-7-8-17-42-27)29(26-13-6-5-12-25(26)22-15-16-22)31(28)43-20-24-18-23(21-10-9-11-21)19-36-32(24)41-4/h5-6,12-13,18-19,21-22,27-31H,7-11,14-17,20H2,1-4H3,(H,39,40)/t27-,28+,29-,30-,31-/m0/s1. The lowest BCUT2D eigenvalue weighted by molar-refractivity contribution is -0.159. The average molecular weight is 591 g/mol. The molecule has 2 saturated heterocycles. The number of aliphatic carboxylic acids is 1. The van der Waals surface area contributed by atoms with Crippen molar-refractivity contribution in [2.75, 3.05) is 13.7 Å². The van der Waals surface area contributed by atoms with E-state index in [1.165, 1.54) is 17.5 Å². The van der Waals surface area contributed by atoms with Crippen molar-refractivity contribution in [1.82, 2.24) is 9.88 Å². The molecule has 1 N–H and O–H groups in total. The highest BCUT2D eigenvalue weighted by Gasteiger charge is 2.60. The lowest BCUT2D eigenvalue weighted by atomic mass is 9.73. The zero-order valence-electron chi connectivity index (χ0n) is 26.0. The summed E-state index contributed by atoms with van der Waals surface area (Å²) in [6.07, 6.45) is 8.82. The highest BCUT2D eigenvalue weighted by atomic mass is 16.5. The zero-order chi connectivity index (χ0) is 30.3. The summed E-state index contributed by atoms with van der Waals surface area (Å²) in [6.45, 7) is 6.89. The number of methoxy groups -OCH3 is 1. The molecule has 1 amide bonds. The summed E-state index contributed by atoms with van der Waals surface area (Å²) in [7, 11) is 1.61. The Kier molecular flexibility index (Phi) is 8.53. The van der Waals surface area contributed by atoms with Gasteiger partial charge in [0.15, 0.2) is 0 Å². The minimum Gasteiger partial charge on any atom is -0.481 e. The number of likely N-dealkylation sites (tertiary alicyclic amines) is 1. The maximum atomic E-state index is 14.4. The van der Waals surface area contributed by atoms with E-state index in [9.17, 15) is 14.7 Å². The molecular formula is C35H46N2O6. The molecule has 4 aliphatic rings. The van der Waals surface area contributed by atoms with Gasteiger partial charge in [0.2, 0.25) is 5.88 Å². The second-order valence-electron chi connectivity index (χ2n) is 14.0. The third-order valence-corrected chi connectivity index (χ3v) is 10.0. The van der Waals surface area contributed by atoms with Crippen LogP contribution >= 0.6 is 0 Å².